The SMILES string of the molecule is C1CC[NH2+]C1.C1CC[NH2+]C1.O=C([O-])/C=C/C(=O)[O-]. The number of carboxylic acid groups (broad SMARTS) is 2. The first kappa shape index (κ1) is 16.6. The van der Waals surface area contributed by atoms with Crippen LogP contribution in [0.3, 0.4) is 0 Å². The van der Waals surface area contributed by atoms with E-state index in [4.69, 9.17) is 0 Å². The standard InChI is InChI=1S/2C4H9N.C4H4O4/c2*1-2-4-5-3-1;5-3(6)1-2-4(7)8/h2*5H,1-4H2;1-2H,(H,5,6)(H,7,8)/b;;2-1+. The maximum atomic E-state index is 9.41. The van der Waals surface area contributed by atoms with Gasteiger partial charge in [-0.2, -0.15) is 0 Å². The van der Waals surface area contributed by atoms with Gasteiger partial charge in [0.1, 0.15) is 0 Å². The van der Waals surface area contributed by atoms with Crippen molar-refractivity contribution in [3.8, 4) is 0 Å². The summed E-state index contributed by atoms with van der Waals surface area (Å²) in [6.45, 7) is 5.50. The van der Waals surface area contributed by atoms with Crippen LogP contribution in [0.5, 0.6) is 0 Å². The lowest BCUT2D eigenvalue weighted by Gasteiger charge is -1.90. The lowest BCUT2D eigenvalue weighted by molar-refractivity contribution is -0.635. The molecule has 2 aliphatic heterocycles. The van der Waals surface area contributed by atoms with E-state index in [1.54, 1.807) is 0 Å². The third kappa shape index (κ3) is 14.6. The van der Waals surface area contributed by atoms with Crippen molar-refractivity contribution in [1.82, 2.24) is 0 Å². The largest absolute Gasteiger partial charge is 0.545 e. The molecule has 0 aliphatic carbocycles. The summed E-state index contributed by atoms with van der Waals surface area (Å²) in [7, 11) is 0. The molecule has 18 heavy (non-hydrogen) atoms. The second-order valence-electron chi connectivity index (χ2n) is 4.12. The highest BCUT2D eigenvalue weighted by molar-refractivity contribution is 5.87. The van der Waals surface area contributed by atoms with Crippen molar-refractivity contribution in [2.24, 2.45) is 0 Å². The normalized spacial score (nSPS) is 17.6. The lowest BCUT2D eigenvalue weighted by Crippen LogP contribution is -2.80. The molecule has 0 unspecified atom stereocenters. The summed E-state index contributed by atoms with van der Waals surface area (Å²) in [5, 5.41) is 23.6. The second-order valence-corrected chi connectivity index (χ2v) is 4.12. The molecule has 0 amide bonds. The maximum absolute atomic E-state index is 9.41. The highest BCUT2D eigenvalue weighted by Crippen LogP contribution is 1.82. The fourth-order valence-electron chi connectivity index (χ4n) is 1.58. The minimum absolute atomic E-state index is 0.384. The molecule has 0 aromatic rings. The predicted molar refractivity (Wildman–Crippen MR) is 60.9 cm³/mol. The molecule has 4 N–H and O–H groups in total. The zero-order chi connectivity index (χ0) is 13.6. The van der Waals surface area contributed by atoms with E-state index in [9.17, 15) is 19.8 Å². The predicted octanol–water partition coefficient (Wildman–Crippen LogP) is -4.27. The monoisotopic (exact) mass is 258 g/mol. The fourth-order valence-corrected chi connectivity index (χ4v) is 1.58. The van der Waals surface area contributed by atoms with Gasteiger partial charge in [0.15, 0.2) is 0 Å². The van der Waals surface area contributed by atoms with Crippen LogP contribution in [-0.2, 0) is 9.59 Å². The number of quaternary nitrogens is 2. The first-order valence-electron chi connectivity index (χ1n) is 6.36. The van der Waals surface area contributed by atoms with E-state index in [0.29, 0.717) is 12.2 Å². The molecule has 2 rings (SSSR count). The van der Waals surface area contributed by atoms with Crippen molar-refractivity contribution >= 4 is 11.9 Å². The van der Waals surface area contributed by atoms with Gasteiger partial charge in [0.2, 0.25) is 0 Å². The van der Waals surface area contributed by atoms with Crippen LogP contribution >= 0.6 is 0 Å². The Kier molecular flexibility index (Phi) is 11.1. The minimum atomic E-state index is -1.55. The molecule has 6 heteroatoms. The summed E-state index contributed by atoms with van der Waals surface area (Å²) in [5.41, 5.74) is 0. The van der Waals surface area contributed by atoms with Crippen molar-refractivity contribution in [3.63, 3.8) is 0 Å². The number of carbonyl (C=O) groups is 2. The highest BCUT2D eigenvalue weighted by Gasteiger charge is 1.98. The molecule has 0 spiro atoms. The maximum Gasteiger partial charge on any atom is 0.0757 e. The molecular formula is C12H22N2O4. The van der Waals surface area contributed by atoms with Gasteiger partial charge < -0.3 is 30.4 Å². The summed E-state index contributed by atoms with van der Waals surface area (Å²) in [6.07, 6.45) is 6.55. The first-order valence-corrected chi connectivity index (χ1v) is 6.36. The fraction of sp³-hybridized carbons (Fsp3) is 0.667. The van der Waals surface area contributed by atoms with E-state index >= 15 is 0 Å². The van der Waals surface area contributed by atoms with Crippen LogP contribution < -0.4 is 20.8 Å². The van der Waals surface area contributed by atoms with Crippen molar-refractivity contribution in [2.75, 3.05) is 26.2 Å². The van der Waals surface area contributed by atoms with Crippen molar-refractivity contribution in [3.05, 3.63) is 12.2 Å². The molecular weight excluding hydrogens is 236 g/mol. The van der Waals surface area contributed by atoms with Crippen LogP contribution in [-0.4, -0.2) is 38.1 Å². The van der Waals surface area contributed by atoms with Gasteiger partial charge in [0.05, 0.1) is 38.1 Å². The highest BCUT2D eigenvalue weighted by atomic mass is 16.4. The van der Waals surface area contributed by atoms with Gasteiger partial charge in [-0.15, -0.1) is 0 Å². The molecule has 6 nitrogen and oxygen atoms in total. The van der Waals surface area contributed by atoms with Crippen LogP contribution in [0.4, 0.5) is 0 Å². The lowest BCUT2D eigenvalue weighted by atomic mass is 10.4. The van der Waals surface area contributed by atoms with Gasteiger partial charge >= 0.3 is 0 Å². The van der Waals surface area contributed by atoms with E-state index in [2.05, 4.69) is 10.6 Å². The molecule has 0 atom stereocenters. The molecule has 2 fully saturated rings. The van der Waals surface area contributed by atoms with Crippen LogP contribution in [0.1, 0.15) is 25.7 Å². The van der Waals surface area contributed by atoms with Gasteiger partial charge in [0, 0.05) is 25.7 Å². The zero-order valence-corrected chi connectivity index (χ0v) is 10.6. The molecule has 104 valence electrons. The van der Waals surface area contributed by atoms with Crippen LogP contribution in [0.2, 0.25) is 0 Å². The van der Waals surface area contributed by atoms with Crippen LogP contribution in [0, 0.1) is 0 Å². The summed E-state index contributed by atoms with van der Waals surface area (Å²) in [4.78, 5) is 18.8. The topological polar surface area (TPSA) is 113 Å². The number of carboxylic acids is 2. The Hall–Kier alpha value is -1.40. The van der Waals surface area contributed by atoms with Gasteiger partial charge in [0.25, 0.3) is 0 Å². The Bertz CT molecular complexity index is 218. The average molecular weight is 258 g/mol. The van der Waals surface area contributed by atoms with Crippen molar-refractivity contribution < 1.29 is 30.4 Å². The second kappa shape index (κ2) is 12.1. The van der Waals surface area contributed by atoms with E-state index in [-0.39, 0.29) is 0 Å². The molecule has 0 aromatic carbocycles. The Morgan fingerprint density at radius 3 is 1.11 bits per heavy atom. The van der Waals surface area contributed by atoms with E-state index in [1.165, 1.54) is 51.9 Å². The molecule has 0 saturated carbocycles. The van der Waals surface area contributed by atoms with E-state index < -0.39 is 11.9 Å². The molecule has 2 heterocycles. The van der Waals surface area contributed by atoms with Crippen LogP contribution in [0.15, 0.2) is 12.2 Å². The summed E-state index contributed by atoms with van der Waals surface area (Å²) in [6, 6.07) is 0. The van der Waals surface area contributed by atoms with Crippen molar-refractivity contribution in [1.29, 1.82) is 0 Å². The number of rotatable bonds is 2. The van der Waals surface area contributed by atoms with Gasteiger partial charge in [-0.05, 0) is 12.2 Å². The number of hydrogen-bond acceptors (Lipinski definition) is 4. The molecule has 0 aromatic heterocycles. The first-order chi connectivity index (χ1) is 8.63. The smallest absolute Gasteiger partial charge is 0.0757 e. The van der Waals surface area contributed by atoms with E-state index in [0.717, 1.165) is 0 Å². The third-order valence-corrected chi connectivity index (χ3v) is 2.49. The minimum Gasteiger partial charge on any atom is -0.545 e. The van der Waals surface area contributed by atoms with Gasteiger partial charge in [-0.3, -0.25) is 0 Å². The molecule has 0 radical (unpaired) electrons. The average Bonchev–Trinajstić information content (AvgIpc) is 3.03. The third-order valence-electron chi connectivity index (χ3n) is 2.49. The summed E-state index contributed by atoms with van der Waals surface area (Å²) in [5.74, 6) is -3.09. The number of carbonyl (C=O) groups excluding carboxylic acids is 2. The molecule has 2 aliphatic rings. The number of hydrogen-bond donors (Lipinski definition) is 2. The van der Waals surface area contributed by atoms with Crippen molar-refractivity contribution in [2.45, 2.75) is 25.7 Å². The number of nitrogens with two attached hydrogens (primary N) is 2. The Morgan fingerprint density at radius 2 is 1.00 bits per heavy atom. The van der Waals surface area contributed by atoms with Crippen LogP contribution in [0.25, 0.3) is 0 Å². The van der Waals surface area contributed by atoms with Gasteiger partial charge in [-0.25, -0.2) is 0 Å². The Morgan fingerprint density at radius 1 is 0.722 bits per heavy atom. The quantitative estimate of drug-likeness (QED) is 0.488. The van der Waals surface area contributed by atoms with E-state index in [1.807, 2.05) is 0 Å². The Labute approximate surface area is 107 Å². The Balaban J connectivity index is 0.000000250. The summed E-state index contributed by atoms with van der Waals surface area (Å²) >= 11 is 0. The summed E-state index contributed by atoms with van der Waals surface area (Å²) < 4.78 is 0. The van der Waals surface area contributed by atoms with Gasteiger partial charge in [-0.1, -0.05) is 0 Å². The zero-order valence-electron chi connectivity index (χ0n) is 10.6. The molecule has 2 saturated heterocycles. The number of aliphatic carboxylic acids is 2. The molecule has 0 bridgehead atoms.